The van der Waals surface area contributed by atoms with Gasteiger partial charge in [-0.1, -0.05) is 6.08 Å². The van der Waals surface area contributed by atoms with E-state index in [0.717, 1.165) is 6.29 Å². The van der Waals surface area contributed by atoms with Crippen LogP contribution in [-0.2, 0) is 23.9 Å². The van der Waals surface area contributed by atoms with Gasteiger partial charge >= 0.3 is 11.9 Å². The number of rotatable bonds is 6. The molecule has 0 unspecified atom stereocenters. The molecule has 84 valence electrons. The minimum absolute atomic E-state index is 0.133. The van der Waals surface area contributed by atoms with E-state index in [-0.39, 0.29) is 5.57 Å². The first kappa shape index (κ1) is 13.4. The first-order chi connectivity index (χ1) is 7.17. The van der Waals surface area contributed by atoms with Crippen LogP contribution in [0, 0.1) is 0 Å². The Bertz CT molecular complexity index is 249. The molecule has 0 N–H and O–H groups in total. The summed E-state index contributed by atoms with van der Waals surface area (Å²) >= 11 is 0. The molecule has 0 aromatic carbocycles. The predicted octanol–water partition coefficient (Wildman–Crippen LogP) is 0.628. The Hall–Kier alpha value is -1.65. The van der Waals surface area contributed by atoms with Gasteiger partial charge in [0, 0.05) is 6.42 Å². The first-order valence-corrected chi connectivity index (χ1v) is 4.47. The Labute approximate surface area is 88.0 Å². The quantitative estimate of drug-likeness (QED) is 0.162. The molecule has 15 heavy (non-hydrogen) atoms. The number of allylic oxidation sites excluding steroid dienone is 1. The van der Waals surface area contributed by atoms with Crippen LogP contribution in [0.15, 0.2) is 11.6 Å². The van der Waals surface area contributed by atoms with E-state index in [0.29, 0.717) is 19.3 Å². The third kappa shape index (κ3) is 4.95. The predicted molar refractivity (Wildman–Crippen MR) is 52.0 cm³/mol. The van der Waals surface area contributed by atoms with E-state index >= 15 is 0 Å². The summed E-state index contributed by atoms with van der Waals surface area (Å²) in [6.45, 7) is 0. The van der Waals surface area contributed by atoms with Gasteiger partial charge in [-0.05, 0) is 12.8 Å². The van der Waals surface area contributed by atoms with Gasteiger partial charge < -0.3 is 14.3 Å². The van der Waals surface area contributed by atoms with Crippen LogP contribution in [0.5, 0.6) is 0 Å². The number of esters is 2. The summed E-state index contributed by atoms with van der Waals surface area (Å²) in [4.78, 5) is 32.3. The minimum atomic E-state index is -0.729. The lowest BCUT2D eigenvalue weighted by atomic mass is 10.1. The molecule has 0 rings (SSSR count). The molecule has 0 aliphatic rings. The highest BCUT2D eigenvalue weighted by atomic mass is 16.5. The lowest BCUT2D eigenvalue weighted by Crippen LogP contribution is -2.15. The van der Waals surface area contributed by atoms with Gasteiger partial charge in [0.05, 0.1) is 14.2 Å². The number of hydrogen-bond donors (Lipinski definition) is 0. The number of aldehydes is 1. The molecule has 0 bridgehead atoms. The summed E-state index contributed by atoms with van der Waals surface area (Å²) < 4.78 is 8.83. The van der Waals surface area contributed by atoms with Crippen molar-refractivity contribution >= 4 is 18.2 Å². The highest BCUT2D eigenvalue weighted by Crippen LogP contribution is 2.05. The Morgan fingerprint density at radius 1 is 1.07 bits per heavy atom. The molecule has 0 aromatic heterocycles. The first-order valence-electron chi connectivity index (χ1n) is 4.47. The van der Waals surface area contributed by atoms with Crippen LogP contribution in [0.1, 0.15) is 19.3 Å². The fourth-order valence-electron chi connectivity index (χ4n) is 0.917. The SMILES string of the molecule is COC(=O)C(=CCCCC=O)C(=O)OC. The number of carbonyl (C=O) groups is 3. The fraction of sp³-hybridized carbons (Fsp3) is 0.500. The van der Waals surface area contributed by atoms with Crippen LogP contribution in [0.4, 0.5) is 0 Å². The van der Waals surface area contributed by atoms with E-state index in [1.165, 1.54) is 20.3 Å². The molecule has 0 radical (unpaired) electrons. The Kier molecular flexibility index (Phi) is 6.88. The van der Waals surface area contributed by atoms with Gasteiger partial charge in [0.2, 0.25) is 0 Å². The van der Waals surface area contributed by atoms with Crippen molar-refractivity contribution in [3.05, 3.63) is 11.6 Å². The zero-order chi connectivity index (χ0) is 11.7. The molecule has 0 aliphatic carbocycles. The Morgan fingerprint density at radius 2 is 1.60 bits per heavy atom. The molecule has 0 amide bonds. The third-order valence-corrected chi connectivity index (χ3v) is 1.69. The van der Waals surface area contributed by atoms with Crippen molar-refractivity contribution in [3.63, 3.8) is 0 Å². The second-order valence-electron chi connectivity index (χ2n) is 2.70. The topological polar surface area (TPSA) is 69.7 Å². The molecule has 0 atom stereocenters. The average Bonchev–Trinajstić information content (AvgIpc) is 2.27. The van der Waals surface area contributed by atoms with E-state index in [9.17, 15) is 14.4 Å². The summed E-state index contributed by atoms with van der Waals surface area (Å²) in [5.41, 5.74) is -0.133. The largest absolute Gasteiger partial charge is 0.465 e. The molecule has 0 fully saturated rings. The Morgan fingerprint density at radius 3 is 2.00 bits per heavy atom. The monoisotopic (exact) mass is 214 g/mol. The van der Waals surface area contributed by atoms with Crippen molar-refractivity contribution in [3.8, 4) is 0 Å². The molecule has 5 heteroatoms. The van der Waals surface area contributed by atoms with Gasteiger partial charge in [-0.25, -0.2) is 9.59 Å². The van der Waals surface area contributed by atoms with Crippen LogP contribution in [0.3, 0.4) is 0 Å². The van der Waals surface area contributed by atoms with Gasteiger partial charge in [-0.15, -0.1) is 0 Å². The number of hydrogen-bond acceptors (Lipinski definition) is 5. The van der Waals surface area contributed by atoms with Crippen LogP contribution in [-0.4, -0.2) is 32.4 Å². The molecule has 5 nitrogen and oxygen atoms in total. The summed E-state index contributed by atoms with van der Waals surface area (Å²) in [5.74, 6) is -1.46. The van der Waals surface area contributed by atoms with Gasteiger partial charge in [-0.3, -0.25) is 0 Å². The Balaban J connectivity index is 4.41. The van der Waals surface area contributed by atoms with E-state index in [2.05, 4.69) is 9.47 Å². The fourth-order valence-corrected chi connectivity index (χ4v) is 0.917. The van der Waals surface area contributed by atoms with Crippen molar-refractivity contribution in [1.29, 1.82) is 0 Å². The molecular weight excluding hydrogens is 200 g/mol. The number of carbonyl (C=O) groups excluding carboxylic acids is 3. The molecule has 0 saturated heterocycles. The van der Waals surface area contributed by atoms with Gasteiger partial charge in [0.25, 0.3) is 0 Å². The number of methoxy groups -OCH3 is 2. The maximum absolute atomic E-state index is 11.1. The zero-order valence-corrected chi connectivity index (χ0v) is 8.82. The molecule has 0 aliphatic heterocycles. The lowest BCUT2D eigenvalue weighted by Gasteiger charge is -2.02. The van der Waals surface area contributed by atoms with E-state index in [4.69, 9.17) is 0 Å². The van der Waals surface area contributed by atoms with Gasteiger partial charge in [0.1, 0.15) is 11.9 Å². The second-order valence-corrected chi connectivity index (χ2v) is 2.70. The highest BCUT2D eigenvalue weighted by molar-refractivity contribution is 6.13. The van der Waals surface area contributed by atoms with Crippen molar-refractivity contribution in [2.45, 2.75) is 19.3 Å². The third-order valence-electron chi connectivity index (χ3n) is 1.69. The summed E-state index contributed by atoms with van der Waals surface area (Å²) in [6, 6.07) is 0. The van der Waals surface area contributed by atoms with Crippen molar-refractivity contribution in [2.75, 3.05) is 14.2 Å². The minimum Gasteiger partial charge on any atom is -0.465 e. The van der Waals surface area contributed by atoms with Gasteiger partial charge in [0.15, 0.2) is 0 Å². The standard InChI is InChI=1S/C10H14O5/c1-14-9(12)8(10(13)15-2)6-4-3-5-7-11/h6-7H,3-5H2,1-2H3. The summed E-state index contributed by atoms with van der Waals surface area (Å²) in [5, 5.41) is 0. The van der Waals surface area contributed by atoms with Crippen molar-refractivity contribution in [2.24, 2.45) is 0 Å². The highest BCUT2D eigenvalue weighted by Gasteiger charge is 2.18. The molecule has 0 heterocycles. The van der Waals surface area contributed by atoms with Crippen LogP contribution in [0.2, 0.25) is 0 Å². The van der Waals surface area contributed by atoms with Gasteiger partial charge in [-0.2, -0.15) is 0 Å². The summed E-state index contributed by atoms with van der Waals surface area (Å²) in [7, 11) is 2.37. The molecule has 0 spiro atoms. The second kappa shape index (κ2) is 7.73. The average molecular weight is 214 g/mol. The van der Waals surface area contributed by atoms with Crippen molar-refractivity contribution < 1.29 is 23.9 Å². The van der Waals surface area contributed by atoms with Crippen LogP contribution >= 0.6 is 0 Å². The zero-order valence-electron chi connectivity index (χ0n) is 8.82. The smallest absolute Gasteiger partial charge is 0.344 e. The number of unbranched alkanes of at least 4 members (excludes halogenated alkanes) is 2. The van der Waals surface area contributed by atoms with E-state index in [1.54, 1.807) is 0 Å². The number of ether oxygens (including phenoxy) is 2. The van der Waals surface area contributed by atoms with Crippen molar-refractivity contribution in [1.82, 2.24) is 0 Å². The maximum atomic E-state index is 11.1. The maximum Gasteiger partial charge on any atom is 0.344 e. The molecule has 0 aromatic rings. The summed E-state index contributed by atoms with van der Waals surface area (Å²) in [6.07, 6.45) is 3.64. The van der Waals surface area contributed by atoms with E-state index in [1.807, 2.05) is 0 Å². The molecule has 0 saturated carbocycles. The normalized spacial score (nSPS) is 8.93. The molecular formula is C10H14O5. The van der Waals surface area contributed by atoms with E-state index < -0.39 is 11.9 Å². The van der Waals surface area contributed by atoms with Crippen LogP contribution in [0.25, 0.3) is 0 Å². The van der Waals surface area contributed by atoms with Crippen LogP contribution < -0.4 is 0 Å². The lowest BCUT2D eigenvalue weighted by molar-refractivity contribution is -0.144.